The Morgan fingerprint density at radius 1 is 1.27 bits per heavy atom. The molecule has 0 saturated heterocycles. The average Bonchev–Trinajstić information content (AvgIpc) is 2.16. The summed E-state index contributed by atoms with van der Waals surface area (Å²) in [4.78, 5) is 4.11. The number of fused-ring (bicyclic) bond motifs is 1. The standard InChI is InChI=1S/C11H8Cl2FN/c1-2-6-3-8-9(12)4-7(14)5-10(8)15-11(6)13/h3-5H,2H2,1H3. The van der Waals surface area contributed by atoms with Gasteiger partial charge in [0.1, 0.15) is 11.0 Å². The van der Waals surface area contributed by atoms with Crippen LogP contribution in [0.5, 0.6) is 0 Å². The lowest BCUT2D eigenvalue weighted by Crippen LogP contribution is -1.90. The van der Waals surface area contributed by atoms with Gasteiger partial charge in [-0.15, -0.1) is 0 Å². The van der Waals surface area contributed by atoms with Gasteiger partial charge in [-0.2, -0.15) is 0 Å². The summed E-state index contributed by atoms with van der Waals surface area (Å²) in [6.45, 7) is 1.98. The van der Waals surface area contributed by atoms with Gasteiger partial charge < -0.3 is 0 Å². The van der Waals surface area contributed by atoms with Crippen molar-refractivity contribution in [3.05, 3.63) is 39.8 Å². The smallest absolute Gasteiger partial charge is 0.132 e. The van der Waals surface area contributed by atoms with Crippen molar-refractivity contribution in [3.63, 3.8) is 0 Å². The third kappa shape index (κ3) is 1.92. The first-order chi connectivity index (χ1) is 7.11. The number of nitrogens with zero attached hydrogens (tertiary/aromatic N) is 1. The summed E-state index contributed by atoms with van der Waals surface area (Å²) in [6, 6.07) is 4.46. The molecule has 4 heteroatoms. The summed E-state index contributed by atoms with van der Waals surface area (Å²) in [5.74, 6) is -0.402. The van der Waals surface area contributed by atoms with Crippen molar-refractivity contribution >= 4 is 34.1 Å². The SMILES string of the molecule is CCc1cc2c(Cl)cc(F)cc2nc1Cl. The lowest BCUT2D eigenvalue weighted by Gasteiger charge is -2.05. The van der Waals surface area contributed by atoms with Gasteiger partial charge in [-0.25, -0.2) is 9.37 Å². The average molecular weight is 244 g/mol. The van der Waals surface area contributed by atoms with Crippen molar-refractivity contribution < 1.29 is 4.39 Å². The molecule has 0 aliphatic heterocycles. The Bertz CT molecular complexity index is 525. The summed E-state index contributed by atoms with van der Waals surface area (Å²) >= 11 is 11.9. The molecule has 1 heterocycles. The van der Waals surface area contributed by atoms with E-state index in [1.54, 1.807) is 0 Å². The fourth-order valence-corrected chi connectivity index (χ4v) is 2.00. The quantitative estimate of drug-likeness (QED) is 0.683. The molecule has 0 fully saturated rings. The molecule has 0 aliphatic carbocycles. The number of pyridine rings is 1. The predicted molar refractivity (Wildman–Crippen MR) is 61.1 cm³/mol. The van der Waals surface area contributed by atoms with E-state index < -0.39 is 5.82 Å². The maximum absolute atomic E-state index is 13.0. The van der Waals surface area contributed by atoms with Crippen LogP contribution in [0, 0.1) is 5.82 Å². The number of benzene rings is 1. The van der Waals surface area contributed by atoms with Gasteiger partial charge in [0.2, 0.25) is 0 Å². The van der Waals surface area contributed by atoms with Crippen LogP contribution < -0.4 is 0 Å². The Morgan fingerprint density at radius 3 is 2.67 bits per heavy atom. The number of rotatable bonds is 1. The predicted octanol–water partition coefficient (Wildman–Crippen LogP) is 4.24. The van der Waals surface area contributed by atoms with E-state index in [1.165, 1.54) is 12.1 Å². The van der Waals surface area contributed by atoms with Gasteiger partial charge in [-0.1, -0.05) is 30.1 Å². The zero-order chi connectivity index (χ0) is 11.0. The largest absolute Gasteiger partial charge is 0.236 e. The summed E-state index contributed by atoms with van der Waals surface area (Å²) in [5.41, 5.74) is 1.40. The minimum absolute atomic E-state index is 0.365. The molecule has 1 nitrogen and oxygen atoms in total. The molecule has 0 atom stereocenters. The molecule has 0 bridgehead atoms. The molecule has 0 aliphatic rings. The van der Waals surface area contributed by atoms with E-state index in [4.69, 9.17) is 23.2 Å². The topological polar surface area (TPSA) is 12.9 Å². The van der Waals surface area contributed by atoms with E-state index in [0.717, 1.165) is 17.4 Å². The van der Waals surface area contributed by atoms with Crippen LogP contribution in [0.4, 0.5) is 4.39 Å². The van der Waals surface area contributed by atoms with E-state index in [-0.39, 0.29) is 0 Å². The number of aryl methyl sites for hydroxylation is 1. The lowest BCUT2D eigenvalue weighted by atomic mass is 10.1. The molecule has 0 unspecified atom stereocenters. The summed E-state index contributed by atoms with van der Waals surface area (Å²) in [6.07, 6.45) is 0.773. The van der Waals surface area contributed by atoms with Crippen molar-refractivity contribution in [2.75, 3.05) is 0 Å². The monoisotopic (exact) mass is 243 g/mol. The van der Waals surface area contributed by atoms with E-state index in [1.807, 2.05) is 13.0 Å². The van der Waals surface area contributed by atoms with Crippen LogP contribution >= 0.6 is 23.2 Å². The molecule has 0 spiro atoms. The Labute approximate surface area is 96.8 Å². The molecule has 2 aromatic rings. The first-order valence-electron chi connectivity index (χ1n) is 4.56. The highest BCUT2D eigenvalue weighted by Crippen LogP contribution is 2.27. The van der Waals surface area contributed by atoms with Gasteiger partial charge in [0.25, 0.3) is 0 Å². The van der Waals surface area contributed by atoms with Gasteiger partial charge in [0.15, 0.2) is 0 Å². The summed E-state index contributed by atoms with van der Waals surface area (Å²) in [5, 5.41) is 1.51. The molecule has 15 heavy (non-hydrogen) atoms. The van der Waals surface area contributed by atoms with Crippen LogP contribution in [-0.4, -0.2) is 4.98 Å². The first kappa shape index (κ1) is 10.7. The highest BCUT2D eigenvalue weighted by Gasteiger charge is 2.07. The second-order valence-corrected chi connectivity index (χ2v) is 4.01. The van der Waals surface area contributed by atoms with Gasteiger partial charge in [0, 0.05) is 11.5 Å². The molecule has 0 N–H and O–H groups in total. The van der Waals surface area contributed by atoms with Crippen LogP contribution in [0.3, 0.4) is 0 Å². The fourth-order valence-electron chi connectivity index (χ4n) is 1.47. The van der Waals surface area contributed by atoms with E-state index >= 15 is 0 Å². The Morgan fingerprint density at radius 2 is 2.00 bits per heavy atom. The van der Waals surface area contributed by atoms with E-state index in [2.05, 4.69) is 4.98 Å². The molecule has 2 rings (SSSR count). The normalized spacial score (nSPS) is 10.9. The molecule has 1 aromatic carbocycles. The molecule has 0 radical (unpaired) electrons. The fraction of sp³-hybridized carbons (Fsp3) is 0.182. The second-order valence-electron chi connectivity index (χ2n) is 3.25. The van der Waals surface area contributed by atoms with Crippen LogP contribution in [0.25, 0.3) is 10.9 Å². The minimum Gasteiger partial charge on any atom is -0.236 e. The van der Waals surface area contributed by atoms with Crippen molar-refractivity contribution in [2.45, 2.75) is 13.3 Å². The van der Waals surface area contributed by atoms with Crippen molar-refractivity contribution in [3.8, 4) is 0 Å². The maximum Gasteiger partial charge on any atom is 0.132 e. The second kappa shape index (κ2) is 3.95. The first-order valence-corrected chi connectivity index (χ1v) is 5.31. The Hall–Kier alpha value is -0.860. The van der Waals surface area contributed by atoms with Crippen LogP contribution in [-0.2, 0) is 6.42 Å². The molecular formula is C11H8Cl2FN. The summed E-state index contributed by atoms with van der Waals surface area (Å²) in [7, 11) is 0. The highest BCUT2D eigenvalue weighted by molar-refractivity contribution is 6.36. The lowest BCUT2D eigenvalue weighted by molar-refractivity contribution is 0.629. The van der Waals surface area contributed by atoms with Gasteiger partial charge in [-0.3, -0.25) is 0 Å². The van der Waals surface area contributed by atoms with E-state index in [9.17, 15) is 4.39 Å². The van der Waals surface area contributed by atoms with Crippen molar-refractivity contribution in [2.24, 2.45) is 0 Å². The molecule has 0 saturated carbocycles. The van der Waals surface area contributed by atoms with Gasteiger partial charge in [-0.05, 0) is 24.1 Å². The Balaban J connectivity index is 2.81. The van der Waals surface area contributed by atoms with Gasteiger partial charge >= 0.3 is 0 Å². The third-order valence-electron chi connectivity index (χ3n) is 2.26. The van der Waals surface area contributed by atoms with Crippen LogP contribution in [0.15, 0.2) is 18.2 Å². The number of aromatic nitrogens is 1. The molecule has 78 valence electrons. The van der Waals surface area contributed by atoms with Crippen LogP contribution in [0.2, 0.25) is 10.2 Å². The van der Waals surface area contributed by atoms with Crippen LogP contribution in [0.1, 0.15) is 12.5 Å². The minimum atomic E-state index is -0.402. The zero-order valence-corrected chi connectivity index (χ0v) is 9.53. The van der Waals surface area contributed by atoms with Crippen molar-refractivity contribution in [1.29, 1.82) is 0 Å². The highest BCUT2D eigenvalue weighted by atomic mass is 35.5. The molecule has 1 aromatic heterocycles. The van der Waals surface area contributed by atoms with Crippen molar-refractivity contribution in [1.82, 2.24) is 4.98 Å². The number of halogens is 3. The number of hydrogen-bond donors (Lipinski definition) is 0. The van der Waals surface area contributed by atoms with E-state index in [0.29, 0.717) is 15.7 Å². The van der Waals surface area contributed by atoms with Gasteiger partial charge in [0.05, 0.1) is 10.5 Å². The summed E-state index contributed by atoms with van der Waals surface area (Å²) < 4.78 is 13.0. The number of hydrogen-bond acceptors (Lipinski definition) is 1. The third-order valence-corrected chi connectivity index (χ3v) is 2.90. The Kier molecular flexibility index (Phi) is 2.81. The molecular weight excluding hydrogens is 236 g/mol. The maximum atomic E-state index is 13.0. The zero-order valence-electron chi connectivity index (χ0n) is 8.02. The molecule has 0 amide bonds.